The normalized spacial score (nSPS) is 16.7. The molecule has 5 rings (SSSR count). The molecule has 34 heavy (non-hydrogen) atoms. The van der Waals surface area contributed by atoms with Crippen molar-refractivity contribution in [2.75, 3.05) is 12.3 Å². The maximum atomic E-state index is 14.0. The fourth-order valence-corrected chi connectivity index (χ4v) is 4.59. The summed E-state index contributed by atoms with van der Waals surface area (Å²) < 4.78 is 43.5. The smallest absolute Gasteiger partial charge is 0.381 e. The van der Waals surface area contributed by atoms with Crippen molar-refractivity contribution in [1.82, 2.24) is 24.8 Å². The summed E-state index contributed by atoms with van der Waals surface area (Å²) in [4.78, 5) is 31.4. The average Bonchev–Trinajstić information content (AvgIpc) is 3.50. The first-order chi connectivity index (χ1) is 16.1. The number of carbonyl (C=O) groups excluding carboxylic acids is 2. The summed E-state index contributed by atoms with van der Waals surface area (Å²) in [6, 6.07) is 3.91. The van der Waals surface area contributed by atoms with E-state index in [1.54, 1.807) is 13.0 Å². The van der Waals surface area contributed by atoms with Gasteiger partial charge in [0.05, 0.1) is 16.8 Å². The lowest BCUT2D eigenvalue weighted by Gasteiger charge is -2.24. The number of hydrogen-bond donors (Lipinski definition) is 2. The van der Waals surface area contributed by atoms with E-state index in [-0.39, 0.29) is 46.4 Å². The minimum absolute atomic E-state index is 0.0316. The van der Waals surface area contributed by atoms with Crippen LogP contribution in [-0.2, 0) is 12.7 Å². The second-order valence-corrected chi connectivity index (χ2v) is 8.77. The largest absolute Gasteiger partial charge is 0.417 e. The molecule has 0 radical (unpaired) electrons. The van der Waals surface area contributed by atoms with Gasteiger partial charge in [0, 0.05) is 30.9 Å². The highest BCUT2D eigenvalue weighted by Crippen LogP contribution is 2.43. The molecule has 1 atom stereocenters. The highest BCUT2D eigenvalue weighted by atomic mass is 19.4. The molecule has 0 bridgehead atoms. The van der Waals surface area contributed by atoms with Crippen molar-refractivity contribution in [3.8, 4) is 11.3 Å². The van der Waals surface area contributed by atoms with E-state index in [9.17, 15) is 22.8 Å². The van der Waals surface area contributed by atoms with Gasteiger partial charge in [0.1, 0.15) is 5.56 Å². The molecule has 0 saturated heterocycles. The number of hydrogen-bond acceptors (Lipinski definition) is 5. The predicted molar refractivity (Wildman–Crippen MR) is 118 cm³/mol. The van der Waals surface area contributed by atoms with E-state index in [1.165, 1.54) is 21.7 Å². The highest BCUT2D eigenvalue weighted by molar-refractivity contribution is 6.04. The molecule has 2 aromatic heterocycles. The van der Waals surface area contributed by atoms with Crippen molar-refractivity contribution in [3.05, 3.63) is 46.6 Å². The number of halogens is 3. The number of carbonyl (C=O) groups is 2. The van der Waals surface area contributed by atoms with Crippen molar-refractivity contribution >= 4 is 23.3 Å². The number of anilines is 1. The van der Waals surface area contributed by atoms with Gasteiger partial charge in [-0.25, -0.2) is 9.50 Å². The minimum Gasteiger partial charge on any atom is -0.381 e. The second-order valence-electron chi connectivity index (χ2n) is 8.77. The summed E-state index contributed by atoms with van der Waals surface area (Å²) in [7, 11) is 0. The van der Waals surface area contributed by atoms with Crippen molar-refractivity contribution < 1.29 is 22.8 Å². The number of nitrogens with zero attached hydrogens (tertiary/aromatic N) is 4. The van der Waals surface area contributed by atoms with Crippen LogP contribution in [0.15, 0.2) is 24.4 Å². The molecule has 178 valence electrons. The summed E-state index contributed by atoms with van der Waals surface area (Å²) >= 11 is 0. The molecule has 8 nitrogen and oxygen atoms in total. The van der Waals surface area contributed by atoms with Gasteiger partial charge in [-0.3, -0.25) is 9.59 Å². The maximum Gasteiger partial charge on any atom is 0.417 e. The first kappa shape index (κ1) is 22.2. The number of nitrogens with one attached hydrogen (secondary N) is 1. The van der Waals surface area contributed by atoms with Crippen LogP contribution in [0.3, 0.4) is 0 Å². The third-order valence-corrected chi connectivity index (χ3v) is 6.51. The molecule has 11 heteroatoms. The number of alkyl halides is 3. The second kappa shape index (κ2) is 7.71. The number of nitrogens with two attached hydrogens (primary N) is 1. The van der Waals surface area contributed by atoms with Gasteiger partial charge in [0.2, 0.25) is 0 Å². The summed E-state index contributed by atoms with van der Waals surface area (Å²) in [6.45, 7) is 4.11. The molecule has 2 aliphatic rings. The van der Waals surface area contributed by atoms with E-state index in [0.29, 0.717) is 18.0 Å². The van der Waals surface area contributed by atoms with E-state index in [4.69, 9.17) is 5.73 Å². The molecule has 2 amide bonds. The zero-order chi connectivity index (χ0) is 24.4. The van der Waals surface area contributed by atoms with Crippen LogP contribution >= 0.6 is 0 Å². The van der Waals surface area contributed by atoms with Crippen LogP contribution in [0.1, 0.15) is 58.5 Å². The molecule has 1 fully saturated rings. The highest BCUT2D eigenvalue weighted by Gasteiger charge is 2.44. The zero-order valence-electron chi connectivity index (χ0n) is 18.6. The number of fused-ring (bicyclic) bond motifs is 2. The molecule has 3 heterocycles. The molecule has 3 aromatic rings. The van der Waals surface area contributed by atoms with Gasteiger partial charge in [-0.05, 0) is 56.4 Å². The summed E-state index contributed by atoms with van der Waals surface area (Å²) in [5.41, 5.74) is 5.55. The fraction of sp³-hybridized carbons (Fsp3) is 0.391. The minimum atomic E-state index is -4.72. The molecule has 1 aromatic carbocycles. The Kier molecular flexibility index (Phi) is 5.03. The molecular formula is C23H23F3N6O2. The van der Waals surface area contributed by atoms with Gasteiger partial charge >= 0.3 is 6.18 Å². The SMILES string of the molecule is CCNC(=O)c1c(N)nn2ccc(-c3cc4c(c(C(F)(F)F)c3)C(=O)N([C@@H](C)C3CC3)C4)nc12. The molecule has 1 saturated carbocycles. The van der Waals surface area contributed by atoms with Gasteiger partial charge in [-0.15, -0.1) is 5.10 Å². The maximum absolute atomic E-state index is 14.0. The van der Waals surface area contributed by atoms with Crippen molar-refractivity contribution in [1.29, 1.82) is 0 Å². The Hall–Kier alpha value is -3.63. The standard InChI is InChI=1S/C23H23F3N6O2/c1-3-28-21(33)18-19(27)30-32-7-6-16(29-20(18)32)13-8-14-10-31(11(2)12-4-5-12)22(34)17(14)15(9-13)23(24,25)26/h6-9,11-12H,3-5,10H2,1-2H3,(H2,27,30)(H,28,33)/t11-/m0/s1. The van der Waals surface area contributed by atoms with E-state index in [2.05, 4.69) is 15.4 Å². The topological polar surface area (TPSA) is 106 Å². The van der Waals surface area contributed by atoms with Gasteiger partial charge in [0.15, 0.2) is 11.5 Å². The molecule has 3 N–H and O–H groups in total. The monoisotopic (exact) mass is 472 g/mol. The third kappa shape index (κ3) is 3.55. The molecule has 1 aliphatic carbocycles. The summed E-state index contributed by atoms with van der Waals surface area (Å²) in [5.74, 6) is -0.759. The molecule has 0 unspecified atom stereocenters. The Bertz CT molecular complexity index is 1330. The van der Waals surface area contributed by atoms with Crippen molar-refractivity contribution in [2.45, 2.75) is 45.5 Å². The Morgan fingerprint density at radius 1 is 1.32 bits per heavy atom. The lowest BCUT2D eigenvalue weighted by molar-refractivity contribution is -0.137. The quantitative estimate of drug-likeness (QED) is 0.591. The number of amides is 2. The first-order valence-electron chi connectivity index (χ1n) is 11.1. The van der Waals surface area contributed by atoms with Crippen LogP contribution in [0.4, 0.5) is 19.0 Å². The number of benzene rings is 1. The lowest BCUT2D eigenvalue weighted by Crippen LogP contribution is -2.35. The van der Waals surface area contributed by atoms with Crippen LogP contribution in [0.2, 0.25) is 0 Å². The number of rotatable bonds is 5. The van der Waals surface area contributed by atoms with Gasteiger partial charge in [-0.2, -0.15) is 13.2 Å². The van der Waals surface area contributed by atoms with Crippen molar-refractivity contribution in [2.24, 2.45) is 5.92 Å². The molecule has 0 spiro atoms. The van der Waals surface area contributed by atoms with Crippen LogP contribution < -0.4 is 11.1 Å². The van der Waals surface area contributed by atoms with Crippen LogP contribution in [0, 0.1) is 5.92 Å². The number of aromatic nitrogens is 3. The van der Waals surface area contributed by atoms with E-state index in [1.807, 2.05) is 6.92 Å². The lowest BCUT2D eigenvalue weighted by atomic mass is 9.97. The van der Waals surface area contributed by atoms with E-state index >= 15 is 0 Å². The number of nitrogen functional groups attached to an aromatic ring is 1. The zero-order valence-corrected chi connectivity index (χ0v) is 18.6. The van der Waals surface area contributed by atoms with Crippen LogP contribution in [0.25, 0.3) is 16.9 Å². The average molecular weight is 472 g/mol. The Labute approximate surface area is 192 Å². The third-order valence-electron chi connectivity index (χ3n) is 6.51. The van der Waals surface area contributed by atoms with E-state index < -0.39 is 23.6 Å². The van der Waals surface area contributed by atoms with E-state index in [0.717, 1.165) is 18.9 Å². The van der Waals surface area contributed by atoms with Crippen molar-refractivity contribution in [3.63, 3.8) is 0 Å². The Morgan fingerprint density at radius 2 is 2.06 bits per heavy atom. The van der Waals surface area contributed by atoms with Crippen LogP contribution in [0.5, 0.6) is 0 Å². The molecule has 1 aliphatic heterocycles. The Balaban J connectivity index is 1.63. The van der Waals surface area contributed by atoms with Gasteiger partial charge in [-0.1, -0.05) is 0 Å². The molecular weight excluding hydrogens is 449 g/mol. The van der Waals surface area contributed by atoms with Gasteiger partial charge in [0.25, 0.3) is 11.8 Å². The summed E-state index contributed by atoms with van der Waals surface area (Å²) in [6.07, 6.45) is -1.27. The summed E-state index contributed by atoms with van der Waals surface area (Å²) in [5, 5.41) is 6.70. The first-order valence-corrected chi connectivity index (χ1v) is 11.1. The predicted octanol–water partition coefficient (Wildman–Crippen LogP) is 3.50. The Morgan fingerprint density at radius 3 is 2.71 bits per heavy atom. The fourth-order valence-electron chi connectivity index (χ4n) is 4.59. The van der Waals surface area contributed by atoms with Gasteiger partial charge < -0.3 is 16.0 Å². The van der Waals surface area contributed by atoms with Crippen LogP contribution in [-0.4, -0.2) is 43.9 Å².